The van der Waals surface area contributed by atoms with E-state index in [-0.39, 0.29) is 11.9 Å². The Kier molecular flexibility index (Phi) is 5.23. The molecular weight excluding hydrogens is 234 g/mol. The predicted molar refractivity (Wildman–Crippen MR) is 72.1 cm³/mol. The Morgan fingerprint density at radius 2 is 1.94 bits per heavy atom. The van der Waals surface area contributed by atoms with E-state index in [4.69, 9.17) is 11.6 Å². The van der Waals surface area contributed by atoms with Crippen LogP contribution in [-0.4, -0.2) is 5.91 Å². The van der Waals surface area contributed by atoms with Crippen molar-refractivity contribution in [3.05, 3.63) is 46.5 Å². The monoisotopic (exact) mass is 251 g/mol. The average molecular weight is 252 g/mol. The third-order valence-electron chi connectivity index (χ3n) is 2.42. The van der Waals surface area contributed by atoms with Crippen LogP contribution in [0.25, 0.3) is 0 Å². The second-order valence-electron chi connectivity index (χ2n) is 4.24. The van der Waals surface area contributed by atoms with Crippen molar-refractivity contribution in [1.82, 2.24) is 5.32 Å². The Hall–Kier alpha value is -1.28. The van der Waals surface area contributed by atoms with Crippen LogP contribution in [0.2, 0.25) is 5.02 Å². The van der Waals surface area contributed by atoms with E-state index in [9.17, 15) is 4.79 Å². The summed E-state index contributed by atoms with van der Waals surface area (Å²) in [5, 5.41) is 3.68. The van der Waals surface area contributed by atoms with E-state index in [1.807, 2.05) is 45.0 Å². The minimum absolute atomic E-state index is 0.0374. The zero-order valence-corrected chi connectivity index (χ0v) is 11.2. The summed E-state index contributed by atoms with van der Waals surface area (Å²) in [6.45, 7) is 5.85. The fraction of sp³-hybridized carbons (Fsp3) is 0.357. The fourth-order valence-electron chi connectivity index (χ4n) is 1.59. The van der Waals surface area contributed by atoms with Gasteiger partial charge < -0.3 is 5.32 Å². The van der Waals surface area contributed by atoms with Crippen molar-refractivity contribution >= 4 is 17.5 Å². The van der Waals surface area contributed by atoms with E-state index in [0.29, 0.717) is 5.02 Å². The molecule has 1 atom stereocenters. The number of nitrogens with one attached hydrogen (secondary N) is 1. The Labute approximate surface area is 108 Å². The van der Waals surface area contributed by atoms with Crippen molar-refractivity contribution in [2.24, 2.45) is 0 Å². The van der Waals surface area contributed by atoms with Gasteiger partial charge in [0.05, 0.1) is 6.04 Å². The number of amides is 1. The molecule has 2 nitrogen and oxygen atoms in total. The summed E-state index contributed by atoms with van der Waals surface area (Å²) >= 11 is 5.84. The SMILES string of the molecule is CCC(NC(=O)C=C(C)C)c1ccc(Cl)cc1. The van der Waals surface area contributed by atoms with Crippen molar-refractivity contribution in [2.75, 3.05) is 0 Å². The summed E-state index contributed by atoms with van der Waals surface area (Å²) < 4.78 is 0. The van der Waals surface area contributed by atoms with Gasteiger partial charge in [0, 0.05) is 11.1 Å². The second-order valence-corrected chi connectivity index (χ2v) is 4.68. The molecule has 0 fully saturated rings. The van der Waals surface area contributed by atoms with E-state index in [1.54, 1.807) is 6.08 Å². The van der Waals surface area contributed by atoms with Gasteiger partial charge in [-0.2, -0.15) is 0 Å². The standard InChI is InChI=1S/C14H18ClNO/c1-4-13(16-14(17)9-10(2)3)11-5-7-12(15)8-6-11/h5-9,13H,4H2,1-3H3,(H,16,17). The number of benzene rings is 1. The highest BCUT2D eigenvalue weighted by atomic mass is 35.5. The highest BCUT2D eigenvalue weighted by Crippen LogP contribution is 2.19. The van der Waals surface area contributed by atoms with Crippen molar-refractivity contribution in [2.45, 2.75) is 33.2 Å². The molecule has 1 N–H and O–H groups in total. The third kappa shape index (κ3) is 4.61. The molecule has 0 saturated heterocycles. The molecule has 17 heavy (non-hydrogen) atoms. The first-order chi connectivity index (χ1) is 8.02. The van der Waals surface area contributed by atoms with Gasteiger partial charge in [0.1, 0.15) is 0 Å². The van der Waals surface area contributed by atoms with Crippen LogP contribution in [0.15, 0.2) is 35.9 Å². The smallest absolute Gasteiger partial charge is 0.244 e. The maximum Gasteiger partial charge on any atom is 0.244 e. The number of carbonyl (C=O) groups is 1. The van der Waals surface area contributed by atoms with E-state index < -0.39 is 0 Å². The van der Waals surface area contributed by atoms with Crippen molar-refractivity contribution in [1.29, 1.82) is 0 Å². The molecule has 0 aromatic heterocycles. The quantitative estimate of drug-likeness (QED) is 0.809. The predicted octanol–water partition coefficient (Wildman–Crippen LogP) is 3.87. The van der Waals surface area contributed by atoms with E-state index in [0.717, 1.165) is 17.6 Å². The van der Waals surface area contributed by atoms with Gasteiger partial charge in [-0.3, -0.25) is 4.79 Å². The van der Waals surface area contributed by atoms with Crippen molar-refractivity contribution in [3.8, 4) is 0 Å². The first-order valence-electron chi connectivity index (χ1n) is 5.73. The van der Waals surface area contributed by atoms with Crippen LogP contribution < -0.4 is 5.32 Å². The second kappa shape index (κ2) is 6.45. The highest BCUT2D eigenvalue weighted by Gasteiger charge is 2.10. The van der Waals surface area contributed by atoms with E-state index >= 15 is 0 Å². The summed E-state index contributed by atoms with van der Waals surface area (Å²) in [5.41, 5.74) is 2.07. The molecule has 0 aliphatic rings. The first-order valence-corrected chi connectivity index (χ1v) is 6.11. The van der Waals surface area contributed by atoms with Gasteiger partial charge >= 0.3 is 0 Å². The Morgan fingerprint density at radius 1 is 1.35 bits per heavy atom. The van der Waals surface area contributed by atoms with Crippen LogP contribution in [-0.2, 0) is 4.79 Å². The molecule has 1 aromatic rings. The lowest BCUT2D eigenvalue weighted by molar-refractivity contribution is -0.117. The van der Waals surface area contributed by atoms with Gasteiger partial charge in [0.2, 0.25) is 5.91 Å². The Bertz CT molecular complexity index is 405. The maximum absolute atomic E-state index is 11.6. The molecule has 92 valence electrons. The largest absolute Gasteiger partial charge is 0.346 e. The topological polar surface area (TPSA) is 29.1 Å². The van der Waals surface area contributed by atoms with Gasteiger partial charge in [-0.05, 0) is 38.0 Å². The van der Waals surface area contributed by atoms with Crippen molar-refractivity contribution < 1.29 is 4.79 Å². The zero-order chi connectivity index (χ0) is 12.8. The van der Waals surface area contributed by atoms with Crippen LogP contribution in [0.4, 0.5) is 0 Å². The minimum atomic E-state index is -0.0493. The molecule has 1 unspecified atom stereocenters. The molecule has 1 amide bonds. The van der Waals surface area contributed by atoms with E-state index in [1.165, 1.54) is 0 Å². The molecule has 0 aliphatic carbocycles. The zero-order valence-electron chi connectivity index (χ0n) is 10.5. The minimum Gasteiger partial charge on any atom is -0.346 e. The lowest BCUT2D eigenvalue weighted by Gasteiger charge is -2.16. The van der Waals surface area contributed by atoms with Crippen LogP contribution >= 0.6 is 11.6 Å². The summed E-state index contributed by atoms with van der Waals surface area (Å²) in [4.78, 5) is 11.6. The van der Waals surface area contributed by atoms with Crippen LogP contribution in [0.5, 0.6) is 0 Å². The van der Waals surface area contributed by atoms with Crippen LogP contribution in [0.3, 0.4) is 0 Å². The molecule has 0 aliphatic heterocycles. The lowest BCUT2D eigenvalue weighted by Crippen LogP contribution is -2.26. The van der Waals surface area contributed by atoms with Crippen molar-refractivity contribution in [3.63, 3.8) is 0 Å². The number of hydrogen-bond acceptors (Lipinski definition) is 1. The van der Waals surface area contributed by atoms with Gasteiger partial charge in [-0.1, -0.05) is 36.2 Å². The Morgan fingerprint density at radius 3 is 2.41 bits per heavy atom. The van der Waals surface area contributed by atoms with Gasteiger partial charge in [0.25, 0.3) is 0 Å². The molecular formula is C14H18ClNO. The number of rotatable bonds is 4. The molecule has 3 heteroatoms. The number of halogens is 1. The summed E-state index contributed by atoms with van der Waals surface area (Å²) in [6, 6.07) is 7.60. The fourth-order valence-corrected chi connectivity index (χ4v) is 1.72. The molecule has 0 bridgehead atoms. The maximum atomic E-state index is 11.6. The van der Waals surface area contributed by atoms with Gasteiger partial charge in [-0.25, -0.2) is 0 Å². The third-order valence-corrected chi connectivity index (χ3v) is 2.67. The lowest BCUT2D eigenvalue weighted by atomic mass is 10.0. The Balaban J connectivity index is 2.75. The molecule has 0 saturated carbocycles. The molecule has 1 aromatic carbocycles. The first kappa shape index (κ1) is 13.8. The average Bonchev–Trinajstić information content (AvgIpc) is 2.26. The number of allylic oxidation sites excluding steroid dienone is 1. The summed E-state index contributed by atoms with van der Waals surface area (Å²) in [7, 11) is 0. The number of hydrogen-bond donors (Lipinski definition) is 1. The highest BCUT2D eigenvalue weighted by molar-refractivity contribution is 6.30. The molecule has 0 heterocycles. The van der Waals surface area contributed by atoms with E-state index in [2.05, 4.69) is 5.32 Å². The van der Waals surface area contributed by atoms with Crippen LogP contribution in [0, 0.1) is 0 Å². The molecule has 0 spiro atoms. The van der Waals surface area contributed by atoms with Crippen LogP contribution in [0.1, 0.15) is 38.8 Å². The summed E-state index contributed by atoms with van der Waals surface area (Å²) in [6.07, 6.45) is 2.46. The van der Waals surface area contributed by atoms with Gasteiger partial charge in [0.15, 0.2) is 0 Å². The van der Waals surface area contributed by atoms with Gasteiger partial charge in [-0.15, -0.1) is 0 Å². The molecule has 0 radical (unpaired) electrons. The summed E-state index contributed by atoms with van der Waals surface area (Å²) in [5.74, 6) is -0.0493. The number of carbonyl (C=O) groups excluding carboxylic acids is 1. The molecule has 1 rings (SSSR count). The normalized spacial score (nSPS) is 11.8.